The van der Waals surface area contributed by atoms with Crippen LogP contribution in [0.5, 0.6) is 0 Å². The Morgan fingerprint density at radius 3 is 2.25 bits per heavy atom. The van der Waals surface area contributed by atoms with Crippen LogP contribution in [0.25, 0.3) is 21.7 Å². The fraction of sp³-hybridized carbons (Fsp3) is 0.417. The van der Waals surface area contributed by atoms with Crippen molar-refractivity contribution in [3.05, 3.63) is 154 Å². The van der Waals surface area contributed by atoms with E-state index in [2.05, 4.69) is 44.2 Å². The van der Waals surface area contributed by atoms with E-state index in [1.807, 2.05) is 111 Å². The maximum atomic E-state index is 14.1. The molecule has 75 heavy (non-hydrogen) atoms. The minimum Gasteiger partial charge on any atom is -0.391 e. The topological polar surface area (TPSA) is 179 Å². The van der Waals surface area contributed by atoms with E-state index in [1.165, 1.54) is 4.90 Å². The van der Waals surface area contributed by atoms with Crippen LogP contribution in [0.4, 0.5) is 0 Å². The Labute approximate surface area is 445 Å². The van der Waals surface area contributed by atoms with Crippen LogP contribution < -0.4 is 5.32 Å². The minimum atomic E-state index is -0.832. The fourth-order valence-corrected chi connectivity index (χ4v) is 10.9. The average molecular weight is 1030 g/mol. The van der Waals surface area contributed by atoms with E-state index in [1.54, 1.807) is 29.9 Å². The Bertz CT molecular complexity index is 2930. The van der Waals surface area contributed by atoms with E-state index < -0.39 is 23.5 Å². The lowest BCUT2D eigenvalue weighted by molar-refractivity contribution is -0.146. The molecule has 0 bridgehead atoms. The first-order chi connectivity index (χ1) is 36.1. The van der Waals surface area contributed by atoms with Crippen molar-refractivity contribution in [2.75, 3.05) is 32.7 Å². The monoisotopic (exact) mass is 1030 g/mol. The van der Waals surface area contributed by atoms with Gasteiger partial charge in [0.1, 0.15) is 17.6 Å². The van der Waals surface area contributed by atoms with Gasteiger partial charge < -0.3 is 20.2 Å². The molecule has 2 aliphatic rings. The summed E-state index contributed by atoms with van der Waals surface area (Å²) in [5.41, 5.74) is 10.9. The highest BCUT2D eigenvalue weighted by Crippen LogP contribution is 2.34. The zero-order valence-corrected chi connectivity index (χ0v) is 44.8. The van der Waals surface area contributed by atoms with Crippen molar-refractivity contribution >= 4 is 40.6 Å². The number of amides is 3. The Balaban J connectivity index is 0.723. The molecule has 392 valence electrons. The van der Waals surface area contributed by atoms with Gasteiger partial charge in [-0.25, -0.2) is 15.0 Å². The van der Waals surface area contributed by atoms with Gasteiger partial charge in [-0.3, -0.25) is 33.9 Å². The molecule has 3 amide bonds. The molecule has 3 aromatic heterocycles. The van der Waals surface area contributed by atoms with Crippen LogP contribution in [-0.4, -0.2) is 114 Å². The standard InChI is InChI=1S/C60H70N8O6S/c1-40-13-14-44(30-48(40)32-55-62-25-23-52(65-55)47-10-9-24-61-36-47)31-54(71)45-19-17-43(18-20-45)37-66-26-28-67(29-27-66)56(72)12-8-6-7-11-49(69)33-51(60(3,4)5)59(74)68-38-50(70)34-53(68)58(73)63-35-42-15-21-46(22-16-42)57-41(2)64-39-75-57/h9-10,13-25,30,36,39,50-51,53,70H,6-8,11-12,26-29,31-35,37-38H2,1-5H3,(H,63,73)/t50-,51-,53+/m1/s1. The van der Waals surface area contributed by atoms with Crippen molar-refractivity contribution in [3.8, 4) is 21.7 Å². The highest BCUT2D eigenvalue weighted by atomic mass is 32.1. The Kier molecular flexibility index (Phi) is 18.3. The molecule has 6 aromatic rings. The van der Waals surface area contributed by atoms with Gasteiger partial charge in [-0.15, -0.1) is 11.3 Å². The van der Waals surface area contributed by atoms with Gasteiger partial charge in [0.25, 0.3) is 0 Å². The van der Waals surface area contributed by atoms with Gasteiger partial charge in [0.05, 0.1) is 27.9 Å². The van der Waals surface area contributed by atoms with Crippen LogP contribution in [0.2, 0.25) is 0 Å². The van der Waals surface area contributed by atoms with Crippen molar-refractivity contribution in [2.45, 2.75) is 118 Å². The molecular weight excluding hydrogens is 961 g/mol. The molecular formula is C60H70N8O6S. The number of hydrogen-bond acceptors (Lipinski definition) is 12. The van der Waals surface area contributed by atoms with Gasteiger partial charge in [-0.2, -0.15) is 0 Å². The molecule has 0 saturated carbocycles. The maximum Gasteiger partial charge on any atom is 0.243 e. The number of likely N-dealkylation sites (tertiary alicyclic amines) is 1. The number of aromatic nitrogens is 4. The summed E-state index contributed by atoms with van der Waals surface area (Å²) >= 11 is 1.58. The summed E-state index contributed by atoms with van der Waals surface area (Å²) < 4.78 is 0. The molecule has 5 heterocycles. The molecule has 14 nitrogen and oxygen atoms in total. The summed E-state index contributed by atoms with van der Waals surface area (Å²) in [6.07, 6.45) is 8.27. The maximum absolute atomic E-state index is 14.1. The zero-order chi connectivity index (χ0) is 53.1. The first-order valence-corrected chi connectivity index (χ1v) is 27.2. The van der Waals surface area contributed by atoms with E-state index in [9.17, 15) is 29.1 Å². The number of aryl methyl sites for hydroxylation is 2. The number of piperazine rings is 1. The number of β-amino-alcohol motifs (C(OH)–C–C–N with tert-alkyl or cyclic N) is 1. The summed E-state index contributed by atoms with van der Waals surface area (Å²) in [5, 5.41) is 13.6. The van der Waals surface area contributed by atoms with Gasteiger partial charge in [-0.1, -0.05) is 93.9 Å². The summed E-state index contributed by atoms with van der Waals surface area (Å²) in [7, 11) is 0. The number of pyridine rings is 1. The first kappa shape index (κ1) is 54.5. The highest BCUT2D eigenvalue weighted by Gasteiger charge is 2.44. The predicted octanol–water partition coefficient (Wildman–Crippen LogP) is 8.79. The van der Waals surface area contributed by atoms with Gasteiger partial charge >= 0.3 is 0 Å². The molecule has 2 N–H and O–H groups in total. The predicted molar refractivity (Wildman–Crippen MR) is 291 cm³/mol. The number of thiazole rings is 1. The molecule has 15 heteroatoms. The van der Waals surface area contributed by atoms with E-state index in [-0.39, 0.29) is 55.2 Å². The van der Waals surface area contributed by atoms with Gasteiger partial charge in [0.2, 0.25) is 17.7 Å². The van der Waals surface area contributed by atoms with Crippen LogP contribution in [0.3, 0.4) is 0 Å². The number of nitrogens with zero attached hydrogens (tertiary/aromatic N) is 7. The van der Waals surface area contributed by atoms with E-state index in [0.717, 1.165) is 81.3 Å². The number of aliphatic hydroxyl groups is 1. The van der Waals surface area contributed by atoms with Crippen LogP contribution in [0.1, 0.15) is 115 Å². The number of rotatable bonds is 21. The normalized spacial score (nSPS) is 16.5. The molecule has 0 radical (unpaired) electrons. The summed E-state index contributed by atoms with van der Waals surface area (Å²) in [5.74, 6) is -0.399. The SMILES string of the molecule is Cc1ccc(CC(=O)c2ccc(CN3CCN(C(=O)CCCCCC(=O)C[C@H](C(=O)N4C[C@H](O)C[C@H]4C(=O)NCc4ccc(-c5scnc5C)cc4)C(C)(C)C)CC3)cc2)cc1Cc1nccc(-c2cccnc2)n1. The third kappa shape index (κ3) is 14.7. The molecule has 2 aliphatic heterocycles. The van der Waals surface area contributed by atoms with E-state index >= 15 is 0 Å². The number of nitrogens with one attached hydrogen (secondary N) is 1. The summed E-state index contributed by atoms with van der Waals surface area (Å²) in [6.45, 7) is 13.7. The number of carbonyl (C=O) groups excluding carboxylic acids is 5. The Morgan fingerprint density at radius 1 is 0.813 bits per heavy atom. The molecule has 2 saturated heterocycles. The molecule has 8 rings (SSSR count). The first-order valence-electron chi connectivity index (χ1n) is 26.3. The van der Waals surface area contributed by atoms with E-state index in [4.69, 9.17) is 4.98 Å². The van der Waals surface area contributed by atoms with Crippen molar-refractivity contribution in [2.24, 2.45) is 11.3 Å². The largest absolute Gasteiger partial charge is 0.391 e. The second-order valence-electron chi connectivity index (χ2n) is 21.3. The lowest BCUT2D eigenvalue weighted by Gasteiger charge is -2.35. The lowest BCUT2D eigenvalue weighted by atomic mass is 9.76. The Hall–Kier alpha value is -6.81. The lowest BCUT2D eigenvalue weighted by Crippen LogP contribution is -2.50. The summed E-state index contributed by atoms with van der Waals surface area (Å²) in [6, 6.07) is 26.9. The Morgan fingerprint density at radius 2 is 1.55 bits per heavy atom. The molecule has 3 atom stereocenters. The second-order valence-corrected chi connectivity index (χ2v) is 22.1. The third-order valence-corrected chi connectivity index (χ3v) is 15.6. The quantitative estimate of drug-likeness (QED) is 0.0520. The second kappa shape index (κ2) is 25.1. The highest BCUT2D eigenvalue weighted by molar-refractivity contribution is 7.13. The number of ketones is 2. The number of carbonyl (C=O) groups is 5. The van der Waals surface area contributed by atoms with Crippen LogP contribution in [0, 0.1) is 25.2 Å². The van der Waals surface area contributed by atoms with Gasteiger partial charge in [0, 0.05) is 120 Å². The van der Waals surface area contributed by atoms with Crippen molar-refractivity contribution in [3.63, 3.8) is 0 Å². The molecule has 0 unspecified atom stereocenters. The molecule has 0 aliphatic carbocycles. The number of hydrogen-bond donors (Lipinski definition) is 2. The number of unbranched alkanes of at least 4 members (excludes halogenated alkanes) is 2. The van der Waals surface area contributed by atoms with Gasteiger partial charge in [-0.05, 0) is 83.7 Å². The zero-order valence-electron chi connectivity index (χ0n) is 44.0. The van der Waals surface area contributed by atoms with Crippen molar-refractivity contribution in [1.29, 1.82) is 0 Å². The fourth-order valence-electron chi connectivity index (χ4n) is 10.0. The van der Waals surface area contributed by atoms with Crippen LogP contribution >= 0.6 is 11.3 Å². The third-order valence-electron chi connectivity index (χ3n) is 14.6. The van der Waals surface area contributed by atoms with E-state index in [0.29, 0.717) is 63.0 Å². The average Bonchev–Trinajstić information content (AvgIpc) is 4.03. The van der Waals surface area contributed by atoms with Crippen LogP contribution in [0.15, 0.2) is 109 Å². The number of benzene rings is 3. The molecule has 2 fully saturated rings. The van der Waals surface area contributed by atoms with Crippen molar-refractivity contribution in [1.82, 2.24) is 40.0 Å². The van der Waals surface area contributed by atoms with Crippen molar-refractivity contribution < 1.29 is 29.1 Å². The number of aliphatic hydroxyl groups excluding tert-OH is 1. The van der Waals surface area contributed by atoms with Crippen LogP contribution in [-0.2, 0) is 45.1 Å². The molecule has 3 aromatic carbocycles. The van der Waals surface area contributed by atoms with Gasteiger partial charge in [0.15, 0.2) is 5.78 Å². The smallest absolute Gasteiger partial charge is 0.243 e. The number of Topliss-reactive ketones (excluding diaryl/α,β-unsaturated/α-hetero) is 2. The molecule has 0 spiro atoms. The minimum absolute atomic E-state index is 0.0201. The summed E-state index contributed by atoms with van der Waals surface area (Å²) in [4.78, 5) is 92.4.